The van der Waals surface area contributed by atoms with E-state index in [9.17, 15) is 4.79 Å². The highest BCUT2D eigenvalue weighted by Crippen LogP contribution is 2.26. The SMILES string of the molecule is CCCc1cc(OC(=O)c2ccc3ccccc3c2)n(-c2cccc(C)c2C)n1. The van der Waals surface area contributed by atoms with Crippen LogP contribution >= 0.6 is 0 Å². The normalized spacial score (nSPS) is 11.0. The van der Waals surface area contributed by atoms with Crippen LogP contribution in [0.1, 0.15) is 40.5 Å². The van der Waals surface area contributed by atoms with Crippen molar-refractivity contribution in [3.05, 3.63) is 89.1 Å². The molecule has 0 aliphatic carbocycles. The van der Waals surface area contributed by atoms with Crippen LogP contribution in [0.5, 0.6) is 5.88 Å². The second-order valence-corrected chi connectivity index (χ2v) is 7.31. The van der Waals surface area contributed by atoms with Gasteiger partial charge in [-0.1, -0.05) is 55.8 Å². The third kappa shape index (κ3) is 3.79. The molecule has 4 heteroatoms. The van der Waals surface area contributed by atoms with Gasteiger partial charge in [0.15, 0.2) is 0 Å². The Hall–Kier alpha value is -3.40. The molecule has 3 aromatic carbocycles. The molecule has 4 aromatic rings. The molecule has 1 heterocycles. The zero-order chi connectivity index (χ0) is 20.4. The maximum atomic E-state index is 12.9. The van der Waals surface area contributed by atoms with Gasteiger partial charge >= 0.3 is 5.97 Å². The van der Waals surface area contributed by atoms with Gasteiger partial charge in [-0.2, -0.15) is 5.10 Å². The molecule has 4 rings (SSSR count). The summed E-state index contributed by atoms with van der Waals surface area (Å²) in [5.74, 6) is 0.0607. The molecule has 0 fully saturated rings. The van der Waals surface area contributed by atoms with Crippen molar-refractivity contribution in [2.24, 2.45) is 0 Å². The molecule has 146 valence electrons. The molecule has 0 radical (unpaired) electrons. The van der Waals surface area contributed by atoms with Crippen LogP contribution in [0.2, 0.25) is 0 Å². The summed E-state index contributed by atoms with van der Waals surface area (Å²) in [6, 6.07) is 21.5. The number of carbonyl (C=O) groups excluding carboxylic acids is 1. The van der Waals surface area contributed by atoms with Crippen LogP contribution in [0, 0.1) is 13.8 Å². The van der Waals surface area contributed by atoms with E-state index < -0.39 is 0 Å². The van der Waals surface area contributed by atoms with Crippen molar-refractivity contribution >= 4 is 16.7 Å². The van der Waals surface area contributed by atoms with Gasteiger partial charge in [0.25, 0.3) is 0 Å². The van der Waals surface area contributed by atoms with Gasteiger partial charge in [-0.3, -0.25) is 0 Å². The second kappa shape index (κ2) is 7.92. The Labute approximate surface area is 170 Å². The second-order valence-electron chi connectivity index (χ2n) is 7.31. The number of aromatic nitrogens is 2. The van der Waals surface area contributed by atoms with E-state index in [1.807, 2.05) is 54.6 Å². The van der Waals surface area contributed by atoms with Crippen LogP contribution in [-0.2, 0) is 6.42 Å². The Morgan fingerprint density at radius 2 is 1.76 bits per heavy atom. The molecule has 0 N–H and O–H groups in total. The first-order valence-electron chi connectivity index (χ1n) is 9.93. The van der Waals surface area contributed by atoms with Crippen molar-refractivity contribution in [1.29, 1.82) is 0 Å². The van der Waals surface area contributed by atoms with Crippen LogP contribution in [-0.4, -0.2) is 15.7 Å². The summed E-state index contributed by atoms with van der Waals surface area (Å²) in [6.45, 7) is 6.23. The van der Waals surface area contributed by atoms with E-state index in [1.165, 1.54) is 5.56 Å². The van der Waals surface area contributed by atoms with E-state index >= 15 is 0 Å². The number of aryl methyl sites for hydroxylation is 2. The molecule has 0 saturated heterocycles. The predicted molar refractivity (Wildman–Crippen MR) is 116 cm³/mol. The number of rotatable bonds is 5. The van der Waals surface area contributed by atoms with Gasteiger partial charge in [-0.25, -0.2) is 9.48 Å². The largest absolute Gasteiger partial charge is 0.404 e. The van der Waals surface area contributed by atoms with E-state index in [4.69, 9.17) is 9.84 Å². The monoisotopic (exact) mass is 384 g/mol. The van der Waals surface area contributed by atoms with Gasteiger partial charge in [0, 0.05) is 6.07 Å². The highest BCUT2D eigenvalue weighted by molar-refractivity contribution is 5.96. The quantitative estimate of drug-likeness (QED) is 0.408. The van der Waals surface area contributed by atoms with Crippen LogP contribution in [0.25, 0.3) is 16.5 Å². The average molecular weight is 384 g/mol. The molecule has 0 bridgehead atoms. The number of carbonyl (C=O) groups is 1. The molecule has 0 aliphatic heterocycles. The summed E-state index contributed by atoms with van der Waals surface area (Å²) in [4.78, 5) is 12.9. The standard InChI is InChI=1S/C25H24N2O2/c1-4-8-22-16-24(27(26-22)23-12-7-9-17(2)18(23)3)29-25(28)21-14-13-19-10-5-6-11-20(19)15-21/h5-7,9-16H,4,8H2,1-3H3. The number of fused-ring (bicyclic) bond motifs is 1. The summed E-state index contributed by atoms with van der Waals surface area (Å²) < 4.78 is 7.56. The van der Waals surface area contributed by atoms with Gasteiger partial charge in [0.2, 0.25) is 5.88 Å². The fraction of sp³-hybridized carbons (Fsp3) is 0.200. The number of ether oxygens (including phenoxy) is 1. The lowest BCUT2D eigenvalue weighted by Gasteiger charge is -2.12. The predicted octanol–water partition coefficient (Wildman–Crippen LogP) is 5.81. The van der Waals surface area contributed by atoms with Crippen molar-refractivity contribution in [2.45, 2.75) is 33.6 Å². The van der Waals surface area contributed by atoms with Gasteiger partial charge in [0.05, 0.1) is 16.9 Å². The summed E-state index contributed by atoms with van der Waals surface area (Å²) in [6.07, 6.45) is 1.81. The summed E-state index contributed by atoms with van der Waals surface area (Å²) in [5.41, 5.74) is 4.64. The molecule has 0 aliphatic rings. The zero-order valence-electron chi connectivity index (χ0n) is 17.0. The van der Waals surface area contributed by atoms with Crippen LogP contribution in [0.4, 0.5) is 0 Å². The van der Waals surface area contributed by atoms with Crippen molar-refractivity contribution in [1.82, 2.24) is 9.78 Å². The minimum atomic E-state index is -0.384. The summed E-state index contributed by atoms with van der Waals surface area (Å²) in [7, 11) is 0. The van der Waals surface area contributed by atoms with E-state index in [2.05, 4.69) is 26.8 Å². The third-order valence-electron chi connectivity index (χ3n) is 5.22. The number of nitrogens with zero attached hydrogens (tertiary/aromatic N) is 2. The highest BCUT2D eigenvalue weighted by Gasteiger charge is 2.17. The van der Waals surface area contributed by atoms with E-state index in [0.29, 0.717) is 11.4 Å². The van der Waals surface area contributed by atoms with Gasteiger partial charge in [-0.15, -0.1) is 0 Å². The summed E-state index contributed by atoms with van der Waals surface area (Å²) in [5, 5.41) is 6.81. The van der Waals surface area contributed by atoms with Gasteiger partial charge < -0.3 is 4.74 Å². The van der Waals surface area contributed by atoms with Crippen molar-refractivity contribution in [3.8, 4) is 11.6 Å². The Morgan fingerprint density at radius 1 is 0.966 bits per heavy atom. The molecule has 0 spiro atoms. The summed E-state index contributed by atoms with van der Waals surface area (Å²) >= 11 is 0. The molecular weight excluding hydrogens is 360 g/mol. The molecular formula is C25H24N2O2. The van der Waals surface area contributed by atoms with E-state index in [-0.39, 0.29) is 5.97 Å². The lowest BCUT2D eigenvalue weighted by molar-refractivity contribution is 0.0723. The molecule has 1 aromatic heterocycles. The molecule has 0 unspecified atom stereocenters. The number of benzene rings is 3. The molecule has 0 atom stereocenters. The van der Waals surface area contributed by atoms with Crippen molar-refractivity contribution in [3.63, 3.8) is 0 Å². The minimum Gasteiger partial charge on any atom is -0.404 e. The van der Waals surface area contributed by atoms with Gasteiger partial charge in [0.1, 0.15) is 0 Å². The average Bonchev–Trinajstić information content (AvgIpc) is 3.12. The Kier molecular flexibility index (Phi) is 5.17. The van der Waals surface area contributed by atoms with Crippen LogP contribution < -0.4 is 4.74 Å². The smallest absolute Gasteiger partial charge is 0.344 e. The maximum Gasteiger partial charge on any atom is 0.344 e. The number of hydrogen-bond acceptors (Lipinski definition) is 3. The lowest BCUT2D eigenvalue weighted by atomic mass is 10.1. The highest BCUT2D eigenvalue weighted by atomic mass is 16.5. The Balaban J connectivity index is 1.71. The van der Waals surface area contributed by atoms with Crippen LogP contribution in [0.3, 0.4) is 0 Å². The van der Waals surface area contributed by atoms with Crippen molar-refractivity contribution < 1.29 is 9.53 Å². The van der Waals surface area contributed by atoms with Crippen LogP contribution in [0.15, 0.2) is 66.7 Å². The number of esters is 1. The Bertz CT molecular complexity index is 1190. The molecule has 0 saturated carbocycles. The minimum absolute atomic E-state index is 0.384. The fourth-order valence-corrected chi connectivity index (χ4v) is 3.47. The molecule has 4 nitrogen and oxygen atoms in total. The van der Waals surface area contributed by atoms with Gasteiger partial charge in [-0.05, 0) is 60.4 Å². The van der Waals surface area contributed by atoms with E-state index in [0.717, 1.165) is 40.6 Å². The lowest BCUT2D eigenvalue weighted by Crippen LogP contribution is -2.12. The topological polar surface area (TPSA) is 44.1 Å². The third-order valence-corrected chi connectivity index (χ3v) is 5.22. The Morgan fingerprint density at radius 3 is 2.55 bits per heavy atom. The fourth-order valence-electron chi connectivity index (χ4n) is 3.47. The zero-order valence-corrected chi connectivity index (χ0v) is 17.0. The maximum absolute atomic E-state index is 12.9. The van der Waals surface area contributed by atoms with Crippen molar-refractivity contribution in [2.75, 3.05) is 0 Å². The molecule has 0 amide bonds. The van der Waals surface area contributed by atoms with E-state index in [1.54, 1.807) is 10.7 Å². The molecule has 29 heavy (non-hydrogen) atoms. The number of hydrogen-bond donors (Lipinski definition) is 0. The first kappa shape index (κ1) is 18.9. The first-order valence-corrected chi connectivity index (χ1v) is 9.93. The first-order chi connectivity index (χ1) is 14.1.